The predicted octanol–water partition coefficient (Wildman–Crippen LogP) is 20.4. The summed E-state index contributed by atoms with van der Waals surface area (Å²) in [6.07, 6.45) is 0. The highest BCUT2D eigenvalue weighted by Gasteiger charge is 2.24. The van der Waals surface area contributed by atoms with Crippen molar-refractivity contribution in [2.24, 2.45) is 0 Å². The summed E-state index contributed by atoms with van der Waals surface area (Å²) in [7, 11) is 0. The normalized spacial score (nSPS) is 11.3. The van der Waals surface area contributed by atoms with Gasteiger partial charge in [0.1, 0.15) is 0 Å². The molecule has 0 radical (unpaired) electrons. The van der Waals surface area contributed by atoms with Crippen LogP contribution in [0.15, 0.2) is 206 Å². The highest BCUT2D eigenvalue weighted by Crippen LogP contribution is 2.50. The third-order valence-electron chi connectivity index (χ3n) is 15.1. The first-order valence-electron chi connectivity index (χ1n) is 26.7. The number of hydrogen-bond donors (Lipinski definition) is 0. The van der Waals surface area contributed by atoms with Gasteiger partial charge in [-0.15, -0.1) is 0 Å². The van der Waals surface area contributed by atoms with E-state index in [0.717, 1.165) is 111 Å². The van der Waals surface area contributed by atoms with E-state index >= 15 is 0 Å². The van der Waals surface area contributed by atoms with E-state index in [9.17, 15) is 10.5 Å². The Morgan fingerprint density at radius 1 is 0.269 bits per heavy atom. The zero-order chi connectivity index (χ0) is 53.9. The van der Waals surface area contributed by atoms with Gasteiger partial charge in [-0.2, -0.15) is 10.5 Å². The molecule has 0 heterocycles. The maximum absolute atomic E-state index is 10.4. The van der Waals surface area contributed by atoms with Gasteiger partial charge in [-0.25, -0.2) is 0 Å². The highest BCUT2D eigenvalue weighted by atomic mass is 15.2. The van der Waals surface area contributed by atoms with E-state index in [0.29, 0.717) is 11.1 Å². The molecule has 0 spiro atoms. The maximum atomic E-state index is 10.4. The number of nitriles is 2. The van der Waals surface area contributed by atoms with Crippen LogP contribution in [-0.4, -0.2) is 0 Å². The fraction of sp³-hybridized carbons (Fsp3) is 0.108. The van der Waals surface area contributed by atoms with Crippen LogP contribution in [0.2, 0.25) is 0 Å². The van der Waals surface area contributed by atoms with Crippen molar-refractivity contribution in [3.8, 4) is 56.6 Å². The molecule has 0 atom stereocenters. The highest BCUT2D eigenvalue weighted by molar-refractivity contribution is 6.28. The Bertz CT molecular complexity index is 3960. The molecular formula is C74H58N4. The van der Waals surface area contributed by atoms with Crippen molar-refractivity contribution in [3.63, 3.8) is 0 Å². The average molecular weight is 1000 g/mol. The molecule has 12 aromatic carbocycles. The Morgan fingerprint density at radius 3 is 0.846 bits per heavy atom. The molecule has 0 aromatic heterocycles. The van der Waals surface area contributed by atoms with E-state index in [2.05, 4.69) is 247 Å². The van der Waals surface area contributed by atoms with Gasteiger partial charge in [0, 0.05) is 33.5 Å². The minimum Gasteiger partial charge on any atom is -0.310 e. The fourth-order valence-corrected chi connectivity index (χ4v) is 12.2. The minimum absolute atomic E-state index is 0.586. The fourth-order valence-electron chi connectivity index (χ4n) is 12.2. The quantitative estimate of drug-likeness (QED) is 0.128. The summed E-state index contributed by atoms with van der Waals surface area (Å²) in [5.74, 6) is 0. The van der Waals surface area contributed by atoms with E-state index < -0.39 is 0 Å². The van der Waals surface area contributed by atoms with Crippen LogP contribution in [0.25, 0.3) is 76.8 Å². The van der Waals surface area contributed by atoms with Crippen LogP contribution in [-0.2, 0) is 0 Å². The van der Waals surface area contributed by atoms with Crippen molar-refractivity contribution in [1.82, 2.24) is 0 Å². The minimum atomic E-state index is 0.586. The van der Waals surface area contributed by atoms with Gasteiger partial charge in [-0.1, -0.05) is 166 Å². The lowest BCUT2D eigenvalue weighted by molar-refractivity contribution is 1.29. The molecule has 0 N–H and O–H groups in total. The van der Waals surface area contributed by atoms with Gasteiger partial charge >= 0.3 is 0 Å². The Balaban J connectivity index is 1.13. The molecule has 12 rings (SSSR count). The van der Waals surface area contributed by atoms with Gasteiger partial charge in [0.2, 0.25) is 0 Å². The molecule has 78 heavy (non-hydrogen) atoms. The lowest BCUT2D eigenvalue weighted by Crippen LogP contribution is -2.12. The second-order valence-electron chi connectivity index (χ2n) is 21.6. The van der Waals surface area contributed by atoms with E-state index in [4.69, 9.17) is 0 Å². The molecule has 12 aromatic rings. The van der Waals surface area contributed by atoms with Crippen LogP contribution in [0.5, 0.6) is 0 Å². The molecule has 0 saturated heterocycles. The molecule has 0 aliphatic rings. The van der Waals surface area contributed by atoms with Gasteiger partial charge in [0.15, 0.2) is 0 Å². The first-order valence-corrected chi connectivity index (χ1v) is 26.7. The predicted molar refractivity (Wildman–Crippen MR) is 329 cm³/mol. The van der Waals surface area contributed by atoms with Crippen LogP contribution in [0, 0.1) is 78.1 Å². The first kappa shape index (κ1) is 49.2. The molecule has 374 valence electrons. The molecule has 4 nitrogen and oxygen atoms in total. The largest absolute Gasteiger partial charge is 0.310 e. The van der Waals surface area contributed by atoms with E-state index in [1.54, 1.807) is 0 Å². The smallest absolute Gasteiger partial charge is 0.0992 e. The number of rotatable bonds is 10. The summed E-state index contributed by atoms with van der Waals surface area (Å²) in [5.41, 5.74) is 25.6. The van der Waals surface area contributed by atoms with Crippen LogP contribution in [0.3, 0.4) is 0 Å². The average Bonchev–Trinajstić information content (AvgIpc) is 3.46. The number of nitrogens with zero attached hydrogens (tertiary/aromatic N) is 4. The summed E-state index contributed by atoms with van der Waals surface area (Å²) in [6, 6.07) is 79.8. The SMILES string of the molecule is Cc1cc(C)cc(-c2cc(-c3cc(C)cc(C)c3)cc(N(c3cccc(C#N)c3)c3ccc4ccc5c(N(c6cccc(C#N)c6)c6cc(-c7cc(C)cc(C)c7)cc(-c7cc(C)cc(C)c7)c6)ccc6ccc3c4c65)c2)c1. The Hall–Kier alpha value is -9.74. The van der Waals surface area contributed by atoms with Gasteiger partial charge in [-0.3, -0.25) is 0 Å². The van der Waals surface area contributed by atoms with Crippen molar-refractivity contribution in [2.45, 2.75) is 55.4 Å². The number of benzene rings is 12. The number of hydrogen-bond acceptors (Lipinski definition) is 4. The van der Waals surface area contributed by atoms with Gasteiger partial charge in [0.25, 0.3) is 0 Å². The Morgan fingerprint density at radius 2 is 0.551 bits per heavy atom. The van der Waals surface area contributed by atoms with Gasteiger partial charge in [0.05, 0.1) is 34.6 Å². The van der Waals surface area contributed by atoms with E-state index in [1.165, 1.54) is 44.5 Å². The molecule has 0 bridgehead atoms. The van der Waals surface area contributed by atoms with Crippen molar-refractivity contribution in [3.05, 3.63) is 262 Å². The summed E-state index contributed by atoms with van der Waals surface area (Å²) < 4.78 is 0. The van der Waals surface area contributed by atoms with E-state index in [1.807, 2.05) is 36.4 Å². The van der Waals surface area contributed by atoms with Gasteiger partial charge < -0.3 is 9.80 Å². The second-order valence-corrected chi connectivity index (χ2v) is 21.6. The van der Waals surface area contributed by atoms with Crippen molar-refractivity contribution in [1.29, 1.82) is 10.5 Å². The van der Waals surface area contributed by atoms with E-state index in [-0.39, 0.29) is 0 Å². The Kier molecular flexibility index (Phi) is 12.4. The Labute approximate surface area is 458 Å². The summed E-state index contributed by atoms with van der Waals surface area (Å²) in [5, 5.41) is 27.5. The second kappa shape index (κ2) is 19.8. The molecular weight excluding hydrogens is 945 g/mol. The zero-order valence-electron chi connectivity index (χ0n) is 45.4. The first-order chi connectivity index (χ1) is 37.7. The molecule has 0 unspecified atom stereocenters. The standard InChI is InChI=1S/C74H58N4/c1-45-23-46(2)28-57(27-45)61-37-62(58-29-47(3)24-48(4)30-58)40-67(39-61)77(65-13-9-11-53(35-65)43-75)71-21-17-55-16-20-70-72(22-18-56-15-19-69(71)73(55)74(56)70)78(66-14-10-12-54(36-66)44-76)68-41-63(59-31-49(5)25-50(6)32-59)38-64(42-68)60-33-51(7)26-52(8)34-60/h9-42H,1-8H3. The third-order valence-corrected chi connectivity index (χ3v) is 15.1. The van der Waals surface area contributed by atoms with Gasteiger partial charge in [-0.05, 0) is 206 Å². The third kappa shape index (κ3) is 9.29. The molecule has 0 fully saturated rings. The molecule has 0 aliphatic heterocycles. The molecule has 0 aliphatic carbocycles. The molecule has 0 saturated carbocycles. The summed E-state index contributed by atoms with van der Waals surface area (Å²) in [4.78, 5) is 4.69. The van der Waals surface area contributed by atoms with Crippen molar-refractivity contribution >= 4 is 66.4 Å². The number of anilines is 6. The van der Waals surface area contributed by atoms with Crippen LogP contribution in [0.4, 0.5) is 34.1 Å². The topological polar surface area (TPSA) is 54.1 Å². The summed E-state index contributed by atoms with van der Waals surface area (Å²) >= 11 is 0. The van der Waals surface area contributed by atoms with Crippen molar-refractivity contribution in [2.75, 3.05) is 9.80 Å². The molecule has 4 heteroatoms. The summed E-state index contributed by atoms with van der Waals surface area (Å²) in [6.45, 7) is 17.3. The molecule has 0 amide bonds. The van der Waals surface area contributed by atoms with Crippen molar-refractivity contribution < 1.29 is 0 Å². The lowest BCUT2D eigenvalue weighted by Gasteiger charge is -2.30. The van der Waals surface area contributed by atoms with Crippen LogP contribution in [0.1, 0.15) is 55.6 Å². The maximum Gasteiger partial charge on any atom is 0.0992 e. The van der Waals surface area contributed by atoms with Crippen LogP contribution < -0.4 is 9.80 Å². The lowest BCUT2D eigenvalue weighted by atomic mass is 9.91. The number of aryl methyl sites for hydroxylation is 8. The van der Waals surface area contributed by atoms with Crippen LogP contribution >= 0.6 is 0 Å². The monoisotopic (exact) mass is 1000 g/mol. The zero-order valence-corrected chi connectivity index (χ0v) is 45.4.